The van der Waals surface area contributed by atoms with Gasteiger partial charge in [0.15, 0.2) is 0 Å². The van der Waals surface area contributed by atoms with Crippen LogP contribution >= 0.6 is 0 Å². The van der Waals surface area contributed by atoms with Crippen molar-refractivity contribution in [2.24, 2.45) is 0 Å². The molecule has 1 N–H and O–H groups in total. The van der Waals surface area contributed by atoms with E-state index in [2.05, 4.69) is 21.8 Å². The number of nitrogens with zero attached hydrogens (tertiary/aromatic N) is 2. The van der Waals surface area contributed by atoms with Crippen molar-refractivity contribution < 1.29 is 4.39 Å². The molecule has 0 amide bonds. The van der Waals surface area contributed by atoms with E-state index in [1.807, 2.05) is 24.3 Å². The number of halogens is 1. The summed E-state index contributed by atoms with van der Waals surface area (Å²) in [5, 5.41) is 0.633. The van der Waals surface area contributed by atoms with E-state index >= 15 is 0 Å². The van der Waals surface area contributed by atoms with Gasteiger partial charge in [-0.15, -0.1) is 0 Å². The van der Waals surface area contributed by atoms with E-state index in [0.717, 1.165) is 35.2 Å². The summed E-state index contributed by atoms with van der Waals surface area (Å²) in [6.07, 6.45) is 1.57. The first-order chi connectivity index (χ1) is 12.1. The van der Waals surface area contributed by atoms with E-state index in [-0.39, 0.29) is 11.4 Å². The molecule has 0 unspecified atom stereocenters. The van der Waals surface area contributed by atoms with E-state index in [0.29, 0.717) is 30.7 Å². The zero-order valence-electron chi connectivity index (χ0n) is 14.2. The third kappa shape index (κ3) is 3.07. The maximum atomic E-state index is 13.8. The molecule has 0 spiro atoms. The number of fused-ring (bicyclic) bond motifs is 2. The molecule has 0 radical (unpaired) electrons. The van der Waals surface area contributed by atoms with Gasteiger partial charge in [0.2, 0.25) is 0 Å². The van der Waals surface area contributed by atoms with Gasteiger partial charge in [-0.1, -0.05) is 25.1 Å². The zero-order chi connectivity index (χ0) is 17.4. The molecule has 25 heavy (non-hydrogen) atoms. The molecule has 0 bridgehead atoms. The highest BCUT2D eigenvalue weighted by molar-refractivity contribution is 5.78. The number of benzene rings is 2. The van der Waals surface area contributed by atoms with Crippen molar-refractivity contribution in [1.82, 2.24) is 14.9 Å². The summed E-state index contributed by atoms with van der Waals surface area (Å²) in [5.41, 5.74) is 3.58. The van der Waals surface area contributed by atoms with Gasteiger partial charge in [-0.2, -0.15) is 0 Å². The molecule has 2 heterocycles. The summed E-state index contributed by atoms with van der Waals surface area (Å²) >= 11 is 0. The van der Waals surface area contributed by atoms with Crippen LogP contribution in [-0.2, 0) is 25.9 Å². The van der Waals surface area contributed by atoms with Gasteiger partial charge in [0, 0.05) is 13.1 Å². The summed E-state index contributed by atoms with van der Waals surface area (Å²) in [7, 11) is 0. The van der Waals surface area contributed by atoms with E-state index in [1.54, 1.807) is 6.07 Å². The maximum absolute atomic E-state index is 13.8. The number of H-pyrrole nitrogens is 1. The number of aryl methyl sites for hydroxylation is 1. The van der Waals surface area contributed by atoms with Gasteiger partial charge in [0.1, 0.15) is 11.6 Å². The molecule has 4 rings (SSSR count). The van der Waals surface area contributed by atoms with Crippen LogP contribution in [0, 0.1) is 5.82 Å². The Balaban J connectivity index is 1.60. The third-order valence-corrected chi connectivity index (χ3v) is 4.89. The van der Waals surface area contributed by atoms with Crippen LogP contribution in [0.3, 0.4) is 0 Å². The van der Waals surface area contributed by atoms with Gasteiger partial charge in [-0.05, 0) is 47.7 Å². The largest absolute Gasteiger partial charge is 0.309 e. The normalized spacial score (nSPS) is 14.6. The Bertz CT molecular complexity index is 996. The molecule has 0 fully saturated rings. The first-order valence-electron chi connectivity index (χ1n) is 8.64. The second-order valence-electron chi connectivity index (χ2n) is 6.56. The molecule has 4 nitrogen and oxygen atoms in total. The summed E-state index contributed by atoms with van der Waals surface area (Å²) in [6, 6.07) is 11.1. The Hall–Kier alpha value is -2.53. The van der Waals surface area contributed by atoms with E-state index in [1.165, 1.54) is 6.07 Å². The van der Waals surface area contributed by atoms with Crippen molar-refractivity contribution in [2.75, 3.05) is 6.54 Å². The van der Waals surface area contributed by atoms with Crippen LogP contribution < -0.4 is 5.56 Å². The van der Waals surface area contributed by atoms with Crippen molar-refractivity contribution in [3.63, 3.8) is 0 Å². The minimum absolute atomic E-state index is 0.0984. The van der Waals surface area contributed by atoms with E-state index < -0.39 is 0 Å². The molecule has 0 atom stereocenters. The summed E-state index contributed by atoms with van der Waals surface area (Å²) in [5.74, 6) is 0.530. The monoisotopic (exact) mass is 337 g/mol. The molecule has 0 saturated heterocycles. The van der Waals surface area contributed by atoms with Gasteiger partial charge in [-0.3, -0.25) is 9.69 Å². The molecule has 0 aliphatic carbocycles. The van der Waals surface area contributed by atoms with Crippen LogP contribution in [-0.4, -0.2) is 21.4 Å². The fourth-order valence-electron chi connectivity index (χ4n) is 3.50. The third-order valence-electron chi connectivity index (χ3n) is 4.89. The Morgan fingerprint density at radius 2 is 2.16 bits per heavy atom. The fraction of sp³-hybridized carbons (Fsp3) is 0.300. The van der Waals surface area contributed by atoms with Crippen LogP contribution in [0.15, 0.2) is 41.2 Å². The number of aromatic nitrogens is 2. The smallest absolute Gasteiger partial charge is 0.258 e. The Morgan fingerprint density at radius 3 is 3.00 bits per heavy atom. The Labute approximate surface area is 145 Å². The lowest BCUT2D eigenvalue weighted by Gasteiger charge is -2.28. The number of aromatic amines is 1. The van der Waals surface area contributed by atoms with Crippen molar-refractivity contribution in [3.05, 3.63) is 75.1 Å². The molecule has 1 aliphatic heterocycles. The lowest BCUT2D eigenvalue weighted by Crippen LogP contribution is -2.32. The van der Waals surface area contributed by atoms with Gasteiger partial charge >= 0.3 is 0 Å². The standard InChI is InChI=1S/C20H20FN3O/c1-2-13-6-7-18-16(10-13)20(25)23-19(22-18)12-24-9-8-15-14(11-24)4-3-5-17(15)21/h3-7,10H,2,8-9,11-12H2,1H3,(H,22,23,25). The van der Waals surface area contributed by atoms with Gasteiger partial charge in [0.05, 0.1) is 17.4 Å². The lowest BCUT2D eigenvalue weighted by molar-refractivity contribution is 0.237. The number of nitrogens with one attached hydrogen (secondary N) is 1. The minimum atomic E-state index is -0.124. The number of rotatable bonds is 3. The first-order valence-corrected chi connectivity index (χ1v) is 8.64. The fourth-order valence-corrected chi connectivity index (χ4v) is 3.50. The van der Waals surface area contributed by atoms with Crippen LogP contribution in [0.4, 0.5) is 4.39 Å². The number of hydrogen-bond donors (Lipinski definition) is 1. The van der Waals surface area contributed by atoms with Crippen molar-refractivity contribution in [2.45, 2.75) is 32.9 Å². The average molecular weight is 337 g/mol. The predicted molar refractivity (Wildman–Crippen MR) is 96.0 cm³/mol. The molecular weight excluding hydrogens is 317 g/mol. The summed E-state index contributed by atoms with van der Waals surface area (Å²) in [6.45, 7) is 4.04. The minimum Gasteiger partial charge on any atom is -0.309 e. The number of hydrogen-bond acceptors (Lipinski definition) is 3. The van der Waals surface area contributed by atoms with Crippen LogP contribution in [0.1, 0.15) is 29.4 Å². The van der Waals surface area contributed by atoms with Gasteiger partial charge in [-0.25, -0.2) is 9.37 Å². The molecule has 2 aromatic carbocycles. The van der Waals surface area contributed by atoms with E-state index in [4.69, 9.17) is 0 Å². The highest BCUT2D eigenvalue weighted by Gasteiger charge is 2.19. The molecule has 3 aromatic rings. The van der Waals surface area contributed by atoms with Gasteiger partial charge < -0.3 is 4.98 Å². The Kier molecular flexibility index (Phi) is 4.09. The topological polar surface area (TPSA) is 49.0 Å². The second kappa shape index (κ2) is 6.41. The molecular formula is C20H20FN3O. The highest BCUT2D eigenvalue weighted by Crippen LogP contribution is 2.22. The Morgan fingerprint density at radius 1 is 1.28 bits per heavy atom. The molecule has 0 saturated carbocycles. The molecule has 1 aromatic heterocycles. The van der Waals surface area contributed by atoms with Crippen LogP contribution in [0.25, 0.3) is 10.9 Å². The van der Waals surface area contributed by atoms with E-state index in [9.17, 15) is 9.18 Å². The lowest BCUT2D eigenvalue weighted by atomic mass is 9.99. The van der Waals surface area contributed by atoms with Crippen molar-refractivity contribution in [3.8, 4) is 0 Å². The average Bonchev–Trinajstić information content (AvgIpc) is 2.62. The molecule has 5 heteroatoms. The van der Waals surface area contributed by atoms with Crippen molar-refractivity contribution >= 4 is 10.9 Å². The summed E-state index contributed by atoms with van der Waals surface area (Å²) < 4.78 is 13.8. The van der Waals surface area contributed by atoms with Crippen molar-refractivity contribution in [1.29, 1.82) is 0 Å². The molecule has 1 aliphatic rings. The van der Waals surface area contributed by atoms with Crippen LogP contribution in [0.5, 0.6) is 0 Å². The first kappa shape index (κ1) is 16.0. The predicted octanol–water partition coefficient (Wildman–Crippen LogP) is 3.18. The van der Waals surface area contributed by atoms with Crippen LogP contribution in [0.2, 0.25) is 0 Å². The maximum Gasteiger partial charge on any atom is 0.258 e. The quantitative estimate of drug-likeness (QED) is 0.798. The zero-order valence-corrected chi connectivity index (χ0v) is 14.2. The summed E-state index contributed by atoms with van der Waals surface area (Å²) in [4.78, 5) is 22.1. The van der Waals surface area contributed by atoms with Gasteiger partial charge in [0.25, 0.3) is 5.56 Å². The SMILES string of the molecule is CCc1ccc2nc(CN3CCc4c(F)cccc4C3)[nH]c(=O)c2c1. The highest BCUT2D eigenvalue weighted by atomic mass is 19.1. The molecule has 128 valence electrons. The second-order valence-corrected chi connectivity index (χ2v) is 6.56.